The first-order chi connectivity index (χ1) is 20.4. The lowest BCUT2D eigenvalue weighted by Gasteiger charge is -2.04. The summed E-state index contributed by atoms with van der Waals surface area (Å²) in [4.78, 5) is 40.1. The Hall–Kier alpha value is -4.50. The fraction of sp³-hybridized carbons (Fsp3) is 0.353. The van der Waals surface area contributed by atoms with E-state index >= 15 is 0 Å². The average molecular weight is 583 g/mol. The molecule has 0 fully saturated rings. The minimum atomic E-state index is -0.892. The Bertz CT molecular complexity index is 1890. The second-order valence-corrected chi connectivity index (χ2v) is 11.4. The van der Waals surface area contributed by atoms with Crippen LogP contribution in [0.5, 0.6) is 0 Å². The lowest BCUT2D eigenvalue weighted by molar-refractivity contribution is -0.137. The van der Waals surface area contributed by atoms with Crippen molar-refractivity contribution in [3.63, 3.8) is 0 Å². The number of carboxylic acids is 2. The molecular weight excluding hydrogens is 544 g/mol. The highest BCUT2D eigenvalue weighted by molar-refractivity contribution is 5.96. The van der Waals surface area contributed by atoms with Crippen LogP contribution in [0.15, 0.2) is 24.3 Å². The van der Waals surface area contributed by atoms with Crippen LogP contribution in [0.25, 0.3) is 44.4 Å². The number of aliphatic hydroxyl groups is 1. The quantitative estimate of drug-likeness (QED) is 0.189. The molecule has 0 aliphatic carbocycles. The normalized spacial score (nSPS) is 14.0. The number of carbonyl (C=O) groups is 2. The number of rotatable bonds is 8. The average Bonchev–Trinajstić information content (AvgIpc) is 3.59. The molecule has 0 radical (unpaired) electrons. The fourth-order valence-corrected chi connectivity index (χ4v) is 6.27. The largest absolute Gasteiger partial charge is 0.481 e. The van der Waals surface area contributed by atoms with E-state index in [1.807, 2.05) is 45.0 Å². The third-order valence-electron chi connectivity index (χ3n) is 8.67. The van der Waals surface area contributed by atoms with Gasteiger partial charge in [-0.2, -0.15) is 0 Å². The van der Waals surface area contributed by atoms with Crippen LogP contribution >= 0.6 is 0 Å². The van der Waals surface area contributed by atoms with Gasteiger partial charge < -0.3 is 25.3 Å². The molecule has 5 heterocycles. The smallest absolute Gasteiger partial charge is 0.303 e. The molecule has 224 valence electrons. The lowest BCUT2D eigenvalue weighted by atomic mass is 9.99. The molecule has 0 spiro atoms. The summed E-state index contributed by atoms with van der Waals surface area (Å²) in [5.41, 5.74) is 13.6. The molecule has 0 saturated carbocycles. The SMILES string of the molecule is CCC1=C(C)c2cc3nc(cc4[nH]c(cc5[nH]c(cc1n2)c(C)c5C(C)O)c(C)c4CCC(=O)O)C(CCC(=O)O)=C3C. The van der Waals surface area contributed by atoms with E-state index in [1.54, 1.807) is 6.92 Å². The molecule has 5 rings (SSSR count). The summed E-state index contributed by atoms with van der Waals surface area (Å²) in [7, 11) is 0. The predicted molar refractivity (Wildman–Crippen MR) is 169 cm³/mol. The highest BCUT2D eigenvalue weighted by atomic mass is 16.4. The van der Waals surface area contributed by atoms with Gasteiger partial charge in [-0.05, 0) is 117 Å². The lowest BCUT2D eigenvalue weighted by Crippen LogP contribution is -1.98. The number of nitrogens with one attached hydrogen (secondary N) is 2. The highest BCUT2D eigenvalue weighted by Crippen LogP contribution is 2.37. The Labute approximate surface area is 250 Å². The maximum Gasteiger partial charge on any atom is 0.303 e. The zero-order chi connectivity index (χ0) is 31.2. The topological polar surface area (TPSA) is 152 Å². The van der Waals surface area contributed by atoms with Gasteiger partial charge in [0.15, 0.2) is 0 Å². The molecule has 9 heteroatoms. The molecule has 5 N–H and O–H groups in total. The third kappa shape index (κ3) is 5.64. The molecule has 9 nitrogen and oxygen atoms in total. The van der Waals surface area contributed by atoms with Gasteiger partial charge in [-0.15, -0.1) is 0 Å². The van der Waals surface area contributed by atoms with Crippen molar-refractivity contribution in [2.24, 2.45) is 0 Å². The van der Waals surface area contributed by atoms with E-state index in [-0.39, 0.29) is 12.8 Å². The first-order valence-electron chi connectivity index (χ1n) is 14.7. The number of aryl methyl sites for hydroxylation is 3. The number of aliphatic carboxylic acids is 2. The highest BCUT2D eigenvalue weighted by Gasteiger charge is 2.22. The van der Waals surface area contributed by atoms with E-state index in [2.05, 4.69) is 23.8 Å². The number of hydrogen-bond donors (Lipinski definition) is 5. The molecule has 43 heavy (non-hydrogen) atoms. The molecule has 0 amide bonds. The molecule has 3 aromatic rings. The van der Waals surface area contributed by atoms with Crippen LogP contribution in [-0.4, -0.2) is 47.2 Å². The minimum absolute atomic E-state index is 0.0371. The Morgan fingerprint density at radius 3 is 1.86 bits per heavy atom. The number of carboxylic acid groups (broad SMARTS) is 2. The number of hydrogen-bond acceptors (Lipinski definition) is 5. The minimum Gasteiger partial charge on any atom is -0.481 e. The number of nitrogens with zero attached hydrogens (tertiary/aromatic N) is 2. The summed E-state index contributed by atoms with van der Waals surface area (Å²) in [6, 6.07) is 7.85. The van der Waals surface area contributed by atoms with E-state index in [1.165, 1.54) is 0 Å². The van der Waals surface area contributed by atoms with Crippen molar-refractivity contribution >= 4 is 56.3 Å². The standard InChI is InChI=1S/C34H38N4O5/c1-7-21-16(2)24-12-25-17(3)22(8-10-32(40)41)29(36-25)15-30-23(9-11-33(42)43)18(4)26(37-30)14-31-34(20(6)39)19(5)27(38-31)13-28(21)35-24/h12-15,20,37-39H,7-11H2,1-6H3,(H,40,41)(H,42,43). The van der Waals surface area contributed by atoms with Gasteiger partial charge in [0, 0.05) is 40.5 Å². The van der Waals surface area contributed by atoms with Crippen LogP contribution < -0.4 is 0 Å². The number of allylic oxidation sites excluding steroid dienone is 4. The summed E-state index contributed by atoms with van der Waals surface area (Å²) >= 11 is 0. The van der Waals surface area contributed by atoms with Crippen LogP contribution in [-0.2, 0) is 16.0 Å². The molecule has 2 aliphatic heterocycles. The predicted octanol–water partition coefficient (Wildman–Crippen LogP) is 7.14. The van der Waals surface area contributed by atoms with E-state index < -0.39 is 18.0 Å². The van der Waals surface area contributed by atoms with Gasteiger partial charge in [-0.3, -0.25) is 9.59 Å². The molecule has 1 unspecified atom stereocenters. The summed E-state index contributed by atoms with van der Waals surface area (Å²) in [5.74, 6) is -1.78. The van der Waals surface area contributed by atoms with Gasteiger partial charge in [0.05, 0.1) is 28.9 Å². The Morgan fingerprint density at radius 1 is 0.721 bits per heavy atom. The number of fused-ring (bicyclic) bond motifs is 8. The summed E-state index contributed by atoms with van der Waals surface area (Å²) in [5, 5.41) is 29.7. The molecule has 8 bridgehead atoms. The van der Waals surface area contributed by atoms with Gasteiger partial charge in [0.2, 0.25) is 0 Å². The van der Waals surface area contributed by atoms with Gasteiger partial charge >= 0.3 is 11.9 Å². The fourth-order valence-electron chi connectivity index (χ4n) is 6.27. The maximum atomic E-state index is 11.6. The third-order valence-corrected chi connectivity index (χ3v) is 8.67. The van der Waals surface area contributed by atoms with Crippen molar-refractivity contribution in [3.05, 3.63) is 69.3 Å². The second-order valence-electron chi connectivity index (χ2n) is 11.4. The Balaban J connectivity index is 1.94. The molecule has 2 aliphatic rings. The van der Waals surface area contributed by atoms with Crippen LogP contribution in [0.2, 0.25) is 0 Å². The number of H-pyrrole nitrogens is 2. The number of aromatic nitrogens is 4. The Morgan fingerprint density at radius 2 is 1.26 bits per heavy atom. The van der Waals surface area contributed by atoms with E-state index in [4.69, 9.17) is 9.97 Å². The van der Waals surface area contributed by atoms with Crippen molar-refractivity contribution in [3.8, 4) is 0 Å². The van der Waals surface area contributed by atoms with Gasteiger partial charge in [-0.1, -0.05) is 6.92 Å². The van der Waals surface area contributed by atoms with Crippen molar-refractivity contribution in [1.82, 2.24) is 19.9 Å². The van der Waals surface area contributed by atoms with E-state index in [0.717, 1.165) is 90.1 Å². The zero-order valence-electron chi connectivity index (χ0n) is 25.5. The van der Waals surface area contributed by atoms with Crippen LogP contribution in [0.3, 0.4) is 0 Å². The molecular formula is C34H38N4O5. The van der Waals surface area contributed by atoms with Crippen molar-refractivity contribution in [2.75, 3.05) is 0 Å². The van der Waals surface area contributed by atoms with E-state index in [9.17, 15) is 24.9 Å². The Kier molecular flexibility index (Phi) is 8.12. The second kappa shape index (κ2) is 11.6. The molecule has 0 aromatic carbocycles. The van der Waals surface area contributed by atoms with Crippen LogP contribution in [0, 0.1) is 13.8 Å². The summed E-state index contributed by atoms with van der Waals surface area (Å²) < 4.78 is 0. The van der Waals surface area contributed by atoms with Crippen LogP contribution in [0.4, 0.5) is 0 Å². The van der Waals surface area contributed by atoms with Crippen molar-refractivity contribution in [1.29, 1.82) is 0 Å². The molecule has 1 atom stereocenters. The van der Waals surface area contributed by atoms with Gasteiger partial charge in [0.1, 0.15) is 0 Å². The van der Waals surface area contributed by atoms with Gasteiger partial charge in [0.25, 0.3) is 0 Å². The maximum absolute atomic E-state index is 11.6. The number of aromatic amines is 2. The van der Waals surface area contributed by atoms with Crippen molar-refractivity contribution in [2.45, 2.75) is 79.8 Å². The summed E-state index contributed by atoms with van der Waals surface area (Å²) in [6.45, 7) is 11.8. The molecule has 0 saturated heterocycles. The van der Waals surface area contributed by atoms with Gasteiger partial charge in [-0.25, -0.2) is 9.97 Å². The zero-order valence-corrected chi connectivity index (χ0v) is 25.5. The van der Waals surface area contributed by atoms with Crippen LogP contribution in [0.1, 0.15) is 105 Å². The van der Waals surface area contributed by atoms with E-state index in [0.29, 0.717) is 18.5 Å². The first kappa shape index (κ1) is 30.0. The molecule has 3 aromatic heterocycles. The number of aliphatic hydroxyl groups excluding tert-OH is 1. The summed E-state index contributed by atoms with van der Waals surface area (Å²) in [6.07, 6.45) is 0.609. The monoisotopic (exact) mass is 582 g/mol. The first-order valence-corrected chi connectivity index (χ1v) is 14.7. The van der Waals surface area contributed by atoms with Crippen molar-refractivity contribution < 1.29 is 24.9 Å².